The van der Waals surface area contributed by atoms with E-state index < -0.39 is 17.5 Å². The zero-order chi connectivity index (χ0) is 11.9. The number of nitrogen functional groups attached to an aromatic ring is 1. The van der Waals surface area contributed by atoms with Crippen molar-refractivity contribution in [2.45, 2.75) is 0 Å². The van der Waals surface area contributed by atoms with Crippen LogP contribution in [-0.4, -0.2) is 9.78 Å². The number of nitrogens with zero attached hydrogens (tertiary/aromatic N) is 2. The van der Waals surface area contributed by atoms with Crippen molar-refractivity contribution in [1.82, 2.24) is 9.78 Å². The van der Waals surface area contributed by atoms with Gasteiger partial charge in [-0.25, -0.2) is 17.9 Å². The molecule has 1 aromatic carbocycles. The van der Waals surface area contributed by atoms with Crippen LogP contribution in [0.4, 0.5) is 19.0 Å². The van der Waals surface area contributed by atoms with Gasteiger partial charge >= 0.3 is 0 Å². The minimum atomic E-state index is -1.28. The van der Waals surface area contributed by atoms with Crippen LogP contribution in [0, 0.1) is 17.5 Å². The van der Waals surface area contributed by atoms with Crippen LogP contribution in [-0.2, 0) is 0 Å². The van der Waals surface area contributed by atoms with E-state index in [1.54, 1.807) is 0 Å². The maximum Gasteiger partial charge on any atom is 0.161 e. The first kappa shape index (κ1) is 10.8. The molecule has 1 heterocycles. The second-order valence-electron chi connectivity index (χ2n) is 3.01. The van der Waals surface area contributed by atoms with E-state index in [1.165, 1.54) is 6.20 Å². The van der Waals surface area contributed by atoms with Crippen LogP contribution in [0.1, 0.15) is 0 Å². The van der Waals surface area contributed by atoms with Gasteiger partial charge in [-0.1, -0.05) is 11.6 Å². The standard InChI is InChI=1S/C9H5ClF3N3/c10-4-3-15-16(9(4)14)8-2-6(12)5(11)1-7(8)13/h1-3H,14H2. The van der Waals surface area contributed by atoms with Crippen molar-refractivity contribution < 1.29 is 13.2 Å². The molecule has 16 heavy (non-hydrogen) atoms. The molecule has 0 bridgehead atoms. The quantitative estimate of drug-likeness (QED) is 0.787. The van der Waals surface area contributed by atoms with Crippen molar-refractivity contribution in [2.75, 3.05) is 5.73 Å². The topological polar surface area (TPSA) is 43.8 Å². The molecule has 84 valence electrons. The molecule has 0 aliphatic heterocycles. The number of hydrogen-bond acceptors (Lipinski definition) is 2. The minimum absolute atomic E-state index is 0.0495. The number of aromatic nitrogens is 2. The van der Waals surface area contributed by atoms with E-state index in [0.717, 1.165) is 4.68 Å². The Morgan fingerprint density at radius 2 is 1.75 bits per heavy atom. The molecule has 0 atom stereocenters. The first-order valence-electron chi connectivity index (χ1n) is 4.14. The molecular weight excluding hydrogens is 243 g/mol. The molecule has 0 saturated heterocycles. The molecule has 0 radical (unpaired) electrons. The largest absolute Gasteiger partial charge is 0.382 e. The summed E-state index contributed by atoms with van der Waals surface area (Å²) < 4.78 is 39.8. The van der Waals surface area contributed by atoms with E-state index in [4.69, 9.17) is 17.3 Å². The van der Waals surface area contributed by atoms with Crippen molar-refractivity contribution in [3.63, 3.8) is 0 Å². The molecule has 0 fully saturated rings. The molecule has 3 nitrogen and oxygen atoms in total. The lowest BCUT2D eigenvalue weighted by atomic mass is 10.3. The SMILES string of the molecule is Nc1c(Cl)cnn1-c1cc(F)c(F)cc1F. The number of anilines is 1. The van der Waals surface area contributed by atoms with Crippen LogP contribution in [0.3, 0.4) is 0 Å². The third kappa shape index (κ3) is 1.61. The summed E-state index contributed by atoms with van der Waals surface area (Å²) in [5.41, 5.74) is 5.17. The summed E-state index contributed by atoms with van der Waals surface area (Å²) in [6.07, 6.45) is 1.18. The highest BCUT2D eigenvalue weighted by atomic mass is 35.5. The summed E-state index contributed by atoms with van der Waals surface area (Å²) in [7, 11) is 0. The molecule has 7 heteroatoms. The molecule has 0 aliphatic carbocycles. The van der Waals surface area contributed by atoms with Gasteiger partial charge in [-0.2, -0.15) is 5.10 Å². The summed E-state index contributed by atoms with van der Waals surface area (Å²) in [4.78, 5) is 0. The van der Waals surface area contributed by atoms with Crippen LogP contribution in [0.15, 0.2) is 18.3 Å². The van der Waals surface area contributed by atoms with E-state index in [1.807, 2.05) is 0 Å². The molecule has 0 aliphatic rings. The molecule has 0 amide bonds. The number of hydrogen-bond donors (Lipinski definition) is 1. The fraction of sp³-hybridized carbons (Fsp3) is 0. The molecular formula is C9H5ClF3N3. The summed E-state index contributed by atoms with van der Waals surface area (Å²) in [6.45, 7) is 0. The van der Waals surface area contributed by atoms with E-state index in [2.05, 4.69) is 5.10 Å². The van der Waals surface area contributed by atoms with Gasteiger partial charge in [-0.05, 0) is 0 Å². The summed E-state index contributed by atoms with van der Waals surface area (Å²) in [5.74, 6) is -3.50. The maximum absolute atomic E-state index is 13.3. The third-order valence-corrected chi connectivity index (χ3v) is 2.27. The summed E-state index contributed by atoms with van der Waals surface area (Å²) in [6, 6.07) is 1.07. The first-order chi connectivity index (χ1) is 7.50. The van der Waals surface area contributed by atoms with Crippen molar-refractivity contribution >= 4 is 17.4 Å². The normalized spacial score (nSPS) is 10.8. The predicted octanol–water partition coefficient (Wildman–Crippen LogP) is 2.53. The maximum atomic E-state index is 13.3. The van der Waals surface area contributed by atoms with Crippen LogP contribution >= 0.6 is 11.6 Å². The van der Waals surface area contributed by atoms with Crippen LogP contribution < -0.4 is 5.73 Å². The lowest BCUT2D eigenvalue weighted by Crippen LogP contribution is -2.05. The number of rotatable bonds is 1. The molecule has 2 N–H and O–H groups in total. The van der Waals surface area contributed by atoms with Crippen molar-refractivity contribution in [3.05, 3.63) is 40.8 Å². The zero-order valence-electron chi connectivity index (χ0n) is 7.72. The Kier molecular flexibility index (Phi) is 2.51. The van der Waals surface area contributed by atoms with Crippen LogP contribution in [0.5, 0.6) is 0 Å². The Morgan fingerprint density at radius 3 is 2.31 bits per heavy atom. The predicted molar refractivity (Wildman–Crippen MR) is 52.9 cm³/mol. The van der Waals surface area contributed by atoms with Crippen molar-refractivity contribution in [2.24, 2.45) is 0 Å². The number of benzene rings is 1. The van der Waals surface area contributed by atoms with E-state index in [0.29, 0.717) is 12.1 Å². The molecule has 0 spiro atoms. The highest BCUT2D eigenvalue weighted by Crippen LogP contribution is 2.24. The molecule has 2 aromatic rings. The van der Waals surface area contributed by atoms with Crippen LogP contribution in [0.2, 0.25) is 5.02 Å². The Bertz CT molecular complexity index is 553. The van der Waals surface area contributed by atoms with E-state index in [-0.39, 0.29) is 16.5 Å². The summed E-state index contributed by atoms with van der Waals surface area (Å²) >= 11 is 5.60. The number of halogens is 4. The van der Waals surface area contributed by atoms with E-state index in [9.17, 15) is 13.2 Å². The van der Waals surface area contributed by atoms with Gasteiger partial charge < -0.3 is 5.73 Å². The van der Waals surface area contributed by atoms with Crippen molar-refractivity contribution in [3.8, 4) is 5.69 Å². The zero-order valence-corrected chi connectivity index (χ0v) is 8.47. The van der Waals surface area contributed by atoms with Gasteiger partial charge in [0.15, 0.2) is 17.5 Å². The Morgan fingerprint density at radius 1 is 1.12 bits per heavy atom. The Balaban J connectivity index is 2.65. The molecule has 0 saturated carbocycles. The fourth-order valence-electron chi connectivity index (χ4n) is 1.20. The lowest BCUT2D eigenvalue weighted by molar-refractivity contribution is 0.491. The summed E-state index contributed by atoms with van der Waals surface area (Å²) in [5, 5.41) is 3.75. The van der Waals surface area contributed by atoms with Gasteiger partial charge in [0.05, 0.1) is 6.20 Å². The monoisotopic (exact) mass is 247 g/mol. The van der Waals surface area contributed by atoms with Gasteiger partial charge in [0.2, 0.25) is 0 Å². The minimum Gasteiger partial charge on any atom is -0.382 e. The average Bonchev–Trinajstić information content (AvgIpc) is 2.54. The third-order valence-electron chi connectivity index (χ3n) is 1.98. The smallest absolute Gasteiger partial charge is 0.161 e. The fourth-order valence-corrected chi connectivity index (χ4v) is 1.33. The second kappa shape index (κ2) is 3.71. The second-order valence-corrected chi connectivity index (χ2v) is 3.41. The Hall–Kier alpha value is -1.69. The van der Waals surface area contributed by atoms with Gasteiger partial charge in [0.1, 0.15) is 16.5 Å². The average molecular weight is 248 g/mol. The molecule has 0 unspecified atom stereocenters. The van der Waals surface area contributed by atoms with Gasteiger partial charge in [-0.15, -0.1) is 0 Å². The molecule has 1 aromatic heterocycles. The van der Waals surface area contributed by atoms with Crippen molar-refractivity contribution in [1.29, 1.82) is 0 Å². The Labute approximate surface area is 93.2 Å². The lowest BCUT2D eigenvalue weighted by Gasteiger charge is -2.06. The van der Waals surface area contributed by atoms with Gasteiger partial charge in [0.25, 0.3) is 0 Å². The first-order valence-corrected chi connectivity index (χ1v) is 4.52. The molecule has 2 rings (SSSR count). The van der Waals surface area contributed by atoms with E-state index >= 15 is 0 Å². The van der Waals surface area contributed by atoms with Crippen LogP contribution in [0.25, 0.3) is 5.69 Å². The van der Waals surface area contributed by atoms with Gasteiger partial charge in [-0.3, -0.25) is 0 Å². The number of nitrogens with two attached hydrogens (primary N) is 1. The highest BCUT2D eigenvalue weighted by molar-refractivity contribution is 6.32. The highest BCUT2D eigenvalue weighted by Gasteiger charge is 2.15. The van der Waals surface area contributed by atoms with Gasteiger partial charge in [0, 0.05) is 12.1 Å².